The molecule has 1 aliphatic heterocycles. The fraction of sp³-hybridized carbons (Fsp3) is 0.579. The molecular formula is C19H31N5O2. The number of urea groups is 1. The van der Waals surface area contributed by atoms with Crippen LogP contribution in [-0.2, 0) is 4.79 Å². The van der Waals surface area contributed by atoms with E-state index in [1.165, 1.54) is 0 Å². The fourth-order valence-electron chi connectivity index (χ4n) is 3.12. The summed E-state index contributed by atoms with van der Waals surface area (Å²) in [6, 6.07) is 7.55. The molecule has 0 aliphatic carbocycles. The van der Waals surface area contributed by atoms with Gasteiger partial charge in [-0.2, -0.15) is 0 Å². The summed E-state index contributed by atoms with van der Waals surface area (Å²) < 4.78 is 0. The van der Waals surface area contributed by atoms with Gasteiger partial charge in [0.25, 0.3) is 0 Å². The van der Waals surface area contributed by atoms with Crippen LogP contribution in [0.4, 0.5) is 16.2 Å². The minimum Gasteiger partial charge on any atom is -0.378 e. The summed E-state index contributed by atoms with van der Waals surface area (Å²) in [7, 11) is 3.96. The van der Waals surface area contributed by atoms with E-state index in [1.807, 2.05) is 43.3 Å². The standard InChI is InChI=1S/C19H31N5O2/c1-23(2)17-7-5-16(6-8-17)22-19(26)21-11-3-4-12-24-13-9-15(10-14-24)18(20)25/h5-8,15H,3-4,9-14H2,1-2H3,(H2,20,25)(H2,21,22,26). The van der Waals surface area contributed by atoms with Gasteiger partial charge in [-0.25, -0.2) is 4.79 Å². The number of hydrogen-bond donors (Lipinski definition) is 3. The first kappa shape index (κ1) is 20.0. The number of benzene rings is 1. The molecule has 1 aromatic carbocycles. The second-order valence-electron chi connectivity index (χ2n) is 7.05. The molecule has 1 saturated heterocycles. The van der Waals surface area contributed by atoms with E-state index in [2.05, 4.69) is 15.5 Å². The molecule has 0 bridgehead atoms. The molecule has 26 heavy (non-hydrogen) atoms. The Morgan fingerprint density at radius 3 is 2.38 bits per heavy atom. The van der Waals surface area contributed by atoms with Crippen LogP contribution in [0.25, 0.3) is 0 Å². The maximum atomic E-state index is 11.9. The van der Waals surface area contributed by atoms with Gasteiger partial charge in [0.2, 0.25) is 5.91 Å². The van der Waals surface area contributed by atoms with Gasteiger partial charge in [-0.05, 0) is 69.6 Å². The third-order valence-electron chi connectivity index (χ3n) is 4.82. The van der Waals surface area contributed by atoms with E-state index in [0.29, 0.717) is 6.54 Å². The molecule has 7 heteroatoms. The molecule has 1 aromatic rings. The SMILES string of the molecule is CN(C)c1ccc(NC(=O)NCCCCN2CCC(C(N)=O)CC2)cc1. The predicted molar refractivity (Wildman–Crippen MR) is 105 cm³/mol. The number of rotatable bonds is 8. The van der Waals surface area contributed by atoms with E-state index in [9.17, 15) is 9.59 Å². The zero-order valence-electron chi connectivity index (χ0n) is 15.8. The molecule has 0 aromatic heterocycles. The monoisotopic (exact) mass is 361 g/mol. The molecule has 144 valence electrons. The molecule has 0 unspecified atom stereocenters. The normalized spacial score (nSPS) is 15.5. The Labute approximate surface area is 155 Å². The van der Waals surface area contributed by atoms with Crippen molar-refractivity contribution in [2.24, 2.45) is 11.7 Å². The Hall–Kier alpha value is -2.28. The topological polar surface area (TPSA) is 90.7 Å². The first-order valence-corrected chi connectivity index (χ1v) is 9.29. The highest BCUT2D eigenvalue weighted by atomic mass is 16.2. The number of nitrogens with zero attached hydrogens (tertiary/aromatic N) is 2. The molecule has 0 saturated carbocycles. The van der Waals surface area contributed by atoms with Crippen molar-refractivity contribution in [2.45, 2.75) is 25.7 Å². The molecule has 7 nitrogen and oxygen atoms in total. The van der Waals surface area contributed by atoms with E-state index >= 15 is 0 Å². The Kier molecular flexibility index (Phi) is 7.72. The van der Waals surface area contributed by atoms with Gasteiger partial charge in [-0.1, -0.05) is 0 Å². The number of nitrogens with two attached hydrogens (primary N) is 1. The van der Waals surface area contributed by atoms with Crippen LogP contribution < -0.4 is 21.3 Å². The van der Waals surface area contributed by atoms with Crippen molar-refractivity contribution in [1.82, 2.24) is 10.2 Å². The minimum absolute atomic E-state index is 0.0448. The summed E-state index contributed by atoms with van der Waals surface area (Å²) in [5.74, 6) is -0.125. The van der Waals surface area contributed by atoms with Crippen molar-refractivity contribution >= 4 is 23.3 Å². The van der Waals surface area contributed by atoms with Crippen molar-refractivity contribution in [2.75, 3.05) is 50.5 Å². The van der Waals surface area contributed by atoms with Crippen LogP contribution in [-0.4, -0.2) is 57.1 Å². The third kappa shape index (κ3) is 6.55. The van der Waals surface area contributed by atoms with Crippen LogP contribution >= 0.6 is 0 Å². The van der Waals surface area contributed by atoms with Gasteiger partial charge in [-0.3, -0.25) is 4.79 Å². The fourth-order valence-corrected chi connectivity index (χ4v) is 3.12. The van der Waals surface area contributed by atoms with E-state index in [1.54, 1.807) is 0 Å². The van der Waals surface area contributed by atoms with E-state index < -0.39 is 0 Å². The number of anilines is 2. The Morgan fingerprint density at radius 2 is 1.81 bits per heavy atom. The summed E-state index contributed by atoms with van der Waals surface area (Å²) >= 11 is 0. The molecule has 1 aliphatic rings. The van der Waals surface area contributed by atoms with Crippen molar-refractivity contribution in [3.8, 4) is 0 Å². The summed E-state index contributed by atoms with van der Waals surface area (Å²) in [6.45, 7) is 3.52. The smallest absolute Gasteiger partial charge is 0.319 e. The predicted octanol–water partition coefficient (Wildman–Crippen LogP) is 1.85. The average molecular weight is 361 g/mol. The lowest BCUT2D eigenvalue weighted by Crippen LogP contribution is -2.39. The first-order valence-electron chi connectivity index (χ1n) is 9.29. The summed E-state index contributed by atoms with van der Waals surface area (Å²) in [6.07, 6.45) is 3.69. The molecule has 0 atom stereocenters. The van der Waals surface area contributed by atoms with Crippen LogP contribution in [0.15, 0.2) is 24.3 Å². The lowest BCUT2D eigenvalue weighted by molar-refractivity contribution is -0.123. The zero-order chi connectivity index (χ0) is 18.9. The largest absolute Gasteiger partial charge is 0.378 e. The number of carbonyl (C=O) groups excluding carboxylic acids is 2. The minimum atomic E-state index is -0.176. The van der Waals surface area contributed by atoms with Gasteiger partial charge in [0.15, 0.2) is 0 Å². The van der Waals surface area contributed by atoms with E-state index in [-0.39, 0.29) is 17.9 Å². The molecule has 1 heterocycles. The maximum Gasteiger partial charge on any atom is 0.319 e. The molecule has 0 spiro atoms. The lowest BCUT2D eigenvalue weighted by atomic mass is 9.96. The molecule has 1 fully saturated rings. The number of piperidine rings is 1. The molecule has 4 N–H and O–H groups in total. The zero-order valence-corrected chi connectivity index (χ0v) is 15.8. The van der Waals surface area contributed by atoms with Gasteiger partial charge in [0.1, 0.15) is 0 Å². The number of primary amides is 1. The number of hydrogen-bond acceptors (Lipinski definition) is 4. The van der Waals surface area contributed by atoms with Crippen LogP contribution in [0.1, 0.15) is 25.7 Å². The molecular weight excluding hydrogens is 330 g/mol. The molecule has 0 radical (unpaired) electrons. The van der Waals surface area contributed by atoms with Crippen molar-refractivity contribution in [1.29, 1.82) is 0 Å². The van der Waals surface area contributed by atoms with Crippen LogP contribution in [0.3, 0.4) is 0 Å². The van der Waals surface area contributed by atoms with E-state index in [0.717, 1.165) is 56.7 Å². The number of likely N-dealkylation sites (tertiary alicyclic amines) is 1. The summed E-state index contributed by atoms with van der Waals surface area (Å²) in [5.41, 5.74) is 7.23. The Bertz CT molecular complexity index is 580. The number of unbranched alkanes of at least 4 members (excludes halogenated alkanes) is 1. The second-order valence-corrected chi connectivity index (χ2v) is 7.05. The van der Waals surface area contributed by atoms with Crippen LogP contribution in [0.2, 0.25) is 0 Å². The highest BCUT2D eigenvalue weighted by molar-refractivity contribution is 5.89. The first-order chi connectivity index (χ1) is 12.5. The van der Waals surface area contributed by atoms with Gasteiger partial charge < -0.3 is 26.2 Å². The highest BCUT2D eigenvalue weighted by Gasteiger charge is 2.22. The number of amides is 3. The summed E-state index contributed by atoms with van der Waals surface area (Å²) in [5, 5.41) is 5.73. The van der Waals surface area contributed by atoms with Gasteiger partial charge in [0.05, 0.1) is 0 Å². The number of nitrogens with one attached hydrogen (secondary N) is 2. The van der Waals surface area contributed by atoms with Crippen molar-refractivity contribution in [3.63, 3.8) is 0 Å². The van der Waals surface area contributed by atoms with Crippen molar-refractivity contribution < 1.29 is 9.59 Å². The lowest BCUT2D eigenvalue weighted by Gasteiger charge is -2.30. The summed E-state index contributed by atoms with van der Waals surface area (Å²) in [4.78, 5) is 27.4. The molecule has 3 amide bonds. The van der Waals surface area contributed by atoms with Gasteiger partial charge >= 0.3 is 6.03 Å². The van der Waals surface area contributed by atoms with Gasteiger partial charge in [-0.15, -0.1) is 0 Å². The van der Waals surface area contributed by atoms with Crippen LogP contribution in [0.5, 0.6) is 0 Å². The number of carbonyl (C=O) groups is 2. The average Bonchev–Trinajstić information content (AvgIpc) is 2.62. The van der Waals surface area contributed by atoms with E-state index in [4.69, 9.17) is 5.73 Å². The second kappa shape index (κ2) is 10.0. The third-order valence-corrected chi connectivity index (χ3v) is 4.82. The quantitative estimate of drug-likeness (QED) is 0.616. The molecule has 2 rings (SSSR count). The Morgan fingerprint density at radius 1 is 1.15 bits per heavy atom. The van der Waals surface area contributed by atoms with Crippen LogP contribution in [0, 0.1) is 5.92 Å². The van der Waals surface area contributed by atoms with Gasteiger partial charge in [0, 0.05) is 37.9 Å². The highest BCUT2D eigenvalue weighted by Crippen LogP contribution is 2.17. The maximum absolute atomic E-state index is 11.9. The van der Waals surface area contributed by atoms with Crippen molar-refractivity contribution in [3.05, 3.63) is 24.3 Å². The Balaban J connectivity index is 1.55.